The highest BCUT2D eigenvalue weighted by Crippen LogP contribution is 2.08. The van der Waals surface area contributed by atoms with Crippen LogP contribution in [-0.2, 0) is 4.79 Å². The van der Waals surface area contributed by atoms with Crippen LogP contribution in [-0.4, -0.2) is 10.9 Å². The summed E-state index contributed by atoms with van der Waals surface area (Å²) >= 11 is 1.11. The predicted molar refractivity (Wildman–Crippen MR) is 61.1 cm³/mol. The molecular weight excluding hydrogens is 225 g/mol. The maximum atomic E-state index is 12.9. The second-order valence-electron chi connectivity index (χ2n) is 2.89. The molecule has 0 aliphatic heterocycles. The van der Waals surface area contributed by atoms with Crippen LogP contribution in [0.3, 0.4) is 0 Å². The lowest BCUT2D eigenvalue weighted by Gasteiger charge is -1.93. The SMILES string of the molecule is CC(=O)SCC#Cc1ccc(F)c(C#N)c1. The van der Waals surface area contributed by atoms with Crippen LogP contribution in [0, 0.1) is 29.0 Å². The average Bonchev–Trinajstić information content (AvgIpc) is 2.26. The van der Waals surface area contributed by atoms with Crippen LogP contribution in [0.25, 0.3) is 0 Å². The Hall–Kier alpha value is -1.78. The van der Waals surface area contributed by atoms with Gasteiger partial charge >= 0.3 is 0 Å². The van der Waals surface area contributed by atoms with Gasteiger partial charge in [-0.25, -0.2) is 4.39 Å². The molecule has 0 N–H and O–H groups in total. The van der Waals surface area contributed by atoms with Gasteiger partial charge < -0.3 is 0 Å². The molecular formula is C12H8FNOS. The molecule has 0 heterocycles. The smallest absolute Gasteiger partial charge is 0.186 e. The zero-order valence-corrected chi connectivity index (χ0v) is 9.40. The molecule has 0 aliphatic rings. The maximum absolute atomic E-state index is 12.9. The zero-order valence-electron chi connectivity index (χ0n) is 8.58. The topological polar surface area (TPSA) is 40.9 Å². The van der Waals surface area contributed by atoms with E-state index < -0.39 is 5.82 Å². The van der Waals surface area contributed by atoms with Crippen molar-refractivity contribution >= 4 is 16.9 Å². The molecule has 0 aliphatic carbocycles. The fourth-order valence-corrected chi connectivity index (χ4v) is 1.31. The number of carbonyl (C=O) groups is 1. The molecule has 0 amide bonds. The van der Waals surface area contributed by atoms with Crippen LogP contribution in [0.1, 0.15) is 18.1 Å². The Morgan fingerprint density at radius 1 is 1.56 bits per heavy atom. The van der Waals surface area contributed by atoms with E-state index in [4.69, 9.17) is 5.26 Å². The number of halogens is 1. The third kappa shape index (κ3) is 3.76. The number of nitriles is 1. The molecule has 1 rings (SSSR count). The highest BCUT2D eigenvalue weighted by atomic mass is 32.2. The van der Waals surface area contributed by atoms with Crippen molar-refractivity contribution < 1.29 is 9.18 Å². The lowest BCUT2D eigenvalue weighted by Crippen LogP contribution is -1.86. The molecule has 0 saturated carbocycles. The highest BCUT2D eigenvalue weighted by molar-refractivity contribution is 8.13. The Kier molecular flexibility index (Phi) is 4.57. The average molecular weight is 233 g/mol. The number of carbonyl (C=O) groups excluding carboxylic acids is 1. The Labute approximate surface area is 97.5 Å². The Bertz CT molecular complexity index is 508. The van der Waals surface area contributed by atoms with Crippen LogP contribution in [0.4, 0.5) is 4.39 Å². The first-order chi connectivity index (χ1) is 7.63. The molecule has 80 valence electrons. The monoisotopic (exact) mass is 233 g/mol. The van der Waals surface area contributed by atoms with Gasteiger partial charge in [0.2, 0.25) is 0 Å². The summed E-state index contributed by atoms with van der Waals surface area (Å²) < 4.78 is 12.9. The molecule has 0 spiro atoms. The molecule has 0 fully saturated rings. The molecule has 0 bridgehead atoms. The summed E-state index contributed by atoms with van der Waals surface area (Å²) in [6.07, 6.45) is 0. The summed E-state index contributed by atoms with van der Waals surface area (Å²) in [7, 11) is 0. The number of hydrogen-bond donors (Lipinski definition) is 0. The van der Waals surface area contributed by atoms with Gasteiger partial charge in [-0.3, -0.25) is 4.79 Å². The van der Waals surface area contributed by atoms with Crippen LogP contribution in [0.15, 0.2) is 18.2 Å². The number of rotatable bonds is 1. The van der Waals surface area contributed by atoms with E-state index in [-0.39, 0.29) is 10.7 Å². The molecule has 16 heavy (non-hydrogen) atoms. The first-order valence-electron chi connectivity index (χ1n) is 4.45. The van der Waals surface area contributed by atoms with Gasteiger partial charge in [-0.05, 0) is 18.2 Å². The zero-order chi connectivity index (χ0) is 12.0. The summed E-state index contributed by atoms with van der Waals surface area (Å²) in [6, 6.07) is 5.84. The molecule has 4 heteroatoms. The second kappa shape index (κ2) is 5.95. The standard InChI is InChI=1S/C12H8FNOS/c1-9(15)16-6-2-3-10-4-5-12(13)11(7-10)8-14/h4-5,7H,6H2,1H3. The van der Waals surface area contributed by atoms with Gasteiger partial charge in [-0.15, -0.1) is 0 Å². The number of hydrogen-bond acceptors (Lipinski definition) is 3. The van der Waals surface area contributed by atoms with Gasteiger partial charge in [0.1, 0.15) is 11.9 Å². The van der Waals surface area contributed by atoms with Crippen LogP contribution in [0.2, 0.25) is 0 Å². The van der Waals surface area contributed by atoms with Crippen molar-refractivity contribution in [2.24, 2.45) is 0 Å². The normalized spacial score (nSPS) is 8.81. The van der Waals surface area contributed by atoms with Crippen molar-refractivity contribution in [1.29, 1.82) is 5.26 Å². The van der Waals surface area contributed by atoms with E-state index in [0.29, 0.717) is 11.3 Å². The van der Waals surface area contributed by atoms with E-state index in [1.165, 1.54) is 25.1 Å². The summed E-state index contributed by atoms with van der Waals surface area (Å²) in [5.74, 6) is 5.37. The predicted octanol–water partition coefficient (Wildman–Crippen LogP) is 2.33. The maximum Gasteiger partial charge on any atom is 0.186 e. The molecule has 0 radical (unpaired) electrons. The Morgan fingerprint density at radius 3 is 2.94 bits per heavy atom. The summed E-state index contributed by atoms with van der Waals surface area (Å²) in [6.45, 7) is 1.47. The summed E-state index contributed by atoms with van der Waals surface area (Å²) in [5, 5.41) is 8.61. The third-order valence-corrected chi connectivity index (χ3v) is 2.36. The molecule has 0 aromatic heterocycles. The van der Waals surface area contributed by atoms with Crippen LogP contribution in [0.5, 0.6) is 0 Å². The van der Waals surface area contributed by atoms with E-state index in [1.54, 1.807) is 6.07 Å². The van der Waals surface area contributed by atoms with Crippen LogP contribution >= 0.6 is 11.8 Å². The number of thioether (sulfide) groups is 1. The first-order valence-corrected chi connectivity index (χ1v) is 5.44. The highest BCUT2D eigenvalue weighted by Gasteiger charge is 2.00. The largest absolute Gasteiger partial charge is 0.288 e. The number of nitrogens with zero attached hydrogens (tertiary/aromatic N) is 1. The fourth-order valence-electron chi connectivity index (χ4n) is 0.965. The molecule has 0 unspecified atom stereocenters. The first kappa shape index (κ1) is 12.3. The van der Waals surface area contributed by atoms with Gasteiger partial charge in [0.25, 0.3) is 0 Å². The summed E-state index contributed by atoms with van der Waals surface area (Å²) in [5.41, 5.74) is 0.549. The molecule has 2 nitrogen and oxygen atoms in total. The van der Waals surface area contributed by atoms with Crippen LogP contribution < -0.4 is 0 Å². The van der Waals surface area contributed by atoms with E-state index in [1.807, 2.05) is 0 Å². The van der Waals surface area contributed by atoms with Crippen molar-refractivity contribution in [3.05, 3.63) is 35.1 Å². The van der Waals surface area contributed by atoms with Gasteiger partial charge in [-0.1, -0.05) is 23.6 Å². The van der Waals surface area contributed by atoms with Gasteiger partial charge in [-0.2, -0.15) is 5.26 Å². The van der Waals surface area contributed by atoms with Gasteiger partial charge in [0.15, 0.2) is 5.12 Å². The summed E-state index contributed by atoms with van der Waals surface area (Å²) in [4.78, 5) is 10.6. The minimum atomic E-state index is -0.550. The number of benzene rings is 1. The Morgan fingerprint density at radius 2 is 2.31 bits per heavy atom. The minimum absolute atomic E-state index is 0.00567. The Balaban J connectivity index is 2.75. The quantitative estimate of drug-likeness (QED) is 0.699. The van der Waals surface area contributed by atoms with E-state index in [2.05, 4.69) is 11.8 Å². The van der Waals surface area contributed by atoms with Crippen molar-refractivity contribution in [1.82, 2.24) is 0 Å². The van der Waals surface area contributed by atoms with Crippen molar-refractivity contribution in [3.63, 3.8) is 0 Å². The van der Waals surface area contributed by atoms with Crippen molar-refractivity contribution in [2.45, 2.75) is 6.92 Å². The minimum Gasteiger partial charge on any atom is -0.288 e. The lowest BCUT2D eigenvalue weighted by molar-refractivity contribution is -0.109. The molecule has 1 aromatic rings. The fraction of sp³-hybridized carbons (Fsp3) is 0.167. The molecule has 0 saturated heterocycles. The van der Waals surface area contributed by atoms with E-state index in [9.17, 15) is 9.18 Å². The van der Waals surface area contributed by atoms with Gasteiger partial charge in [0, 0.05) is 12.5 Å². The van der Waals surface area contributed by atoms with Crippen molar-refractivity contribution in [2.75, 3.05) is 5.75 Å². The third-order valence-electron chi connectivity index (χ3n) is 1.67. The van der Waals surface area contributed by atoms with E-state index in [0.717, 1.165) is 11.8 Å². The molecule has 1 aromatic carbocycles. The second-order valence-corrected chi connectivity index (χ2v) is 4.04. The van der Waals surface area contributed by atoms with E-state index >= 15 is 0 Å². The van der Waals surface area contributed by atoms with Gasteiger partial charge in [0.05, 0.1) is 11.3 Å². The molecule has 0 atom stereocenters. The van der Waals surface area contributed by atoms with Crippen molar-refractivity contribution in [3.8, 4) is 17.9 Å². The lowest BCUT2D eigenvalue weighted by atomic mass is 10.1.